The van der Waals surface area contributed by atoms with E-state index in [1.54, 1.807) is 11.0 Å². The van der Waals surface area contributed by atoms with E-state index in [4.69, 9.17) is 0 Å². The summed E-state index contributed by atoms with van der Waals surface area (Å²) in [6.07, 6.45) is 4.55. The molecule has 3 aromatic rings. The van der Waals surface area contributed by atoms with E-state index in [-0.39, 0.29) is 0 Å². The quantitative estimate of drug-likeness (QED) is 0.636. The molecule has 8 nitrogen and oxygen atoms in total. The lowest BCUT2D eigenvalue weighted by atomic mass is 10.4. The van der Waals surface area contributed by atoms with Crippen LogP contribution in [0.1, 0.15) is 19.0 Å². The zero-order valence-corrected chi connectivity index (χ0v) is 12.1. The van der Waals surface area contributed by atoms with Gasteiger partial charge in [-0.3, -0.25) is 4.68 Å². The molecule has 0 aliphatic carbocycles. The Morgan fingerprint density at radius 1 is 1.29 bits per heavy atom. The Hall–Kier alpha value is -2.64. The van der Waals surface area contributed by atoms with Crippen LogP contribution in [0.25, 0.3) is 11.2 Å². The van der Waals surface area contributed by atoms with Gasteiger partial charge in [-0.2, -0.15) is 15.1 Å². The van der Waals surface area contributed by atoms with Crippen LogP contribution in [-0.4, -0.2) is 36.3 Å². The first-order chi connectivity index (χ1) is 10.3. The van der Waals surface area contributed by atoms with Crippen molar-refractivity contribution in [1.29, 1.82) is 0 Å². The molecule has 0 radical (unpaired) electrons. The molecular weight excluding hydrogens is 268 g/mol. The lowest BCUT2D eigenvalue weighted by molar-refractivity contribution is 0.747. The number of aryl methyl sites for hydroxylation is 1. The number of H-pyrrole nitrogens is 1. The number of fused-ring (bicyclic) bond motifs is 1. The highest BCUT2D eigenvalue weighted by Gasteiger charge is 2.10. The van der Waals surface area contributed by atoms with Gasteiger partial charge in [0.2, 0.25) is 5.95 Å². The SMILES string of the molecule is CCCNc1nc(NCc2ccn(C)n2)c2[nH]cnc2n1. The summed E-state index contributed by atoms with van der Waals surface area (Å²) >= 11 is 0. The Morgan fingerprint density at radius 3 is 2.95 bits per heavy atom. The van der Waals surface area contributed by atoms with Gasteiger partial charge in [0.1, 0.15) is 5.52 Å². The van der Waals surface area contributed by atoms with Crippen LogP contribution in [0.5, 0.6) is 0 Å². The molecule has 3 heterocycles. The fourth-order valence-electron chi connectivity index (χ4n) is 2.01. The van der Waals surface area contributed by atoms with Crippen LogP contribution in [-0.2, 0) is 13.6 Å². The molecule has 8 heteroatoms. The van der Waals surface area contributed by atoms with Gasteiger partial charge in [0, 0.05) is 19.8 Å². The van der Waals surface area contributed by atoms with Crippen LogP contribution in [0, 0.1) is 0 Å². The van der Waals surface area contributed by atoms with Gasteiger partial charge in [0.15, 0.2) is 11.5 Å². The van der Waals surface area contributed by atoms with Crippen molar-refractivity contribution in [1.82, 2.24) is 29.7 Å². The van der Waals surface area contributed by atoms with E-state index >= 15 is 0 Å². The van der Waals surface area contributed by atoms with Gasteiger partial charge in [0.25, 0.3) is 0 Å². The second-order valence-corrected chi connectivity index (χ2v) is 4.76. The van der Waals surface area contributed by atoms with Crippen molar-refractivity contribution in [2.24, 2.45) is 7.05 Å². The summed E-state index contributed by atoms with van der Waals surface area (Å²) in [7, 11) is 1.90. The van der Waals surface area contributed by atoms with Gasteiger partial charge in [-0.15, -0.1) is 0 Å². The van der Waals surface area contributed by atoms with Crippen LogP contribution < -0.4 is 10.6 Å². The fourth-order valence-corrected chi connectivity index (χ4v) is 2.01. The number of nitrogens with zero attached hydrogens (tertiary/aromatic N) is 5. The molecule has 0 bridgehead atoms. The van der Waals surface area contributed by atoms with Crippen molar-refractivity contribution in [3.8, 4) is 0 Å². The number of aromatic nitrogens is 6. The standard InChI is InChI=1S/C13H18N8/c1-3-5-14-13-18-11(10-12(19-13)17-8-16-10)15-7-9-4-6-21(2)20-9/h4,6,8H,3,5,7H2,1-2H3,(H3,14,15,16,17,18,19). The van der Waals surface area contributed by atoms with Gasteiger partial charge >= 0.3 is 0 Å². The van der Waals surface area contributed by atoms with Gasteiger partial charge in [-0.1, -0.05) is 6.92 Å². The minimum Gasteiger partial charge on any atom is -0.362 e. The zero-order chi connectivity index (χ0) is 14.7. The van der Waals surface area contributed by atoms with Crippen molar-refractivity contribution in [2.75, 3.05) is 17.2 Å². The largest absolute Gasteiger partial charge is 0.362 e. The third-order valence-electron chi connectivity index (χ3n) is 3.02. The molecule has 0 aliphatic heterocycles. The molecule has 0 atom stereocenters. The smallest absolute Gasteiger partial charge is 0.226 e. The minimum absolute atomic E-state index is 0.583. The van der Waals surface area contributed by atoms with E-state index in [0.717, 1.165) is 30.0 Å². The summed E-state index contributed by atoms with van der Waals surface area (Å²) in [6.45, 7) is 3.52. The number of rotatable bonds is 6. The summed E-state index contributed by atoms with van der Waals surface area (Å²) in [6, 6.07) is 1.97. The Bertz CT molecular complexity index is 729. The Labute approximate surface area is 122 Å². The van der Waals surface area contributed by atoms with Crippen molar-refractivity contribution in [3.05, 3.63) is 24.3 Å². The van der Waals surface area contributed by atoms with Gasteiger partial charge < -0.3 is 15.6 Å². The van der Waals surface area contributed by atoms with Crippen LogP contribution in [0.3, 0.4) is 0 Å². The van der Waals surface area contributed by atoms with Gasteiger partial charge in [-0.25, -0.2) is 4.98 Å². The van der Waals surface area contributed by atoms with Crippen LogP contribution in [0.15, 0.2) is 18.6 Å². The number of hydrogen-bond acceptors (Lipinski definition) is 6. The summed E-state index contributed by atoms with van der Waals surface area (Å²) in [5.41, 5.74) is 2.40. The molecule has 0 saturated carbocycles. The second kappa shape index (κ2) is 5.78. The first-order valence-corrected chi connectivity index (χ1v) is 6.93. The topological polar surface area (TPSA) is 96.3 Å². The second-order valence-electron chi connectivity index (χ2n) is 4.76. The lowest BCUT2D eigenvalue weighted by Gasteiger charge is -2.08. The number of aromatic amines is 1. The summed E-state index contributed by atoms with van der Waals surface area (Å²) in [4.78, 5) is 16.1. The fraction of sp³-hybridized carbons (Fsp3) is 0.385. The molecule has 110 valence electrons. The third kappa shape index (κ3) is 2.93. The zero-order valence-electron chi connectivity index (χ0n) is 12.1. The predicted octanol–water partition coefficient (Wildman–Crippen LogP) is 1.52. The first kappa shape index (κ1) is 13.3. The Morgan fingerprint density at radius 2 is 2.19 bits per heavy atom. The highest BCUT2D eigenvalue weighted by atomic mass is 15.3. The lowest BCUT2D eigenvalue weighted by Crippen LogP contribution is -2.08. The molecule has 0 spiro atoms. The Kier molecular flexibility index (Phi) is 3.67. The van der Waals surface area contributed by atoms with Crippen molar-refractivity contribution < 1.29 is 0 Å². The van der Waals surface area contributed by atoms with Crippen molar-refractivity contribution >= 4 is 22.9 Å². The number of nitrogens with one attached hydrogen (secondary N) is 3. The molecule has 0 unspecified atom stereocenters. The van der Waals surface area contributed by atoms with Crippen molar-refractivity contribution in [3.63, 3.8) is 0 Å². The summed E-state index contributed by atoms with van der Waals surface area (Å²) in [5, 5.41) is 10.8. The molecule has 3 N–H and O–H groups in total. The van der Waals surface area contributed by atoms with E-state index in [2.05, 4.69) is 42.6 Å². The van der Waals surface area contributed by atoms with Gasteiger partial charge in [0.05, 0.1) is 18.6 Å². The minimum atomic E-state index is 0.583. The van der Waals surface area contributed by atoms with Crippen molar-refractivity contribution in [2.45, 2.75) is 19.9 Å². The molecule has 0 fully saturated rings. The van der Waals surface area contributed by atoms with E-state index in [9.17, 15) is 0 Å². The van der Waals surface area contributed by atoms with Gasteiger partial charge in [-0.05, 0) is 12.5 Å². The van der Waals surface area contributed by atoms with E-state index in [0.29, 0.717) is 18.1 Å². The average Bonchev–Trinajstić information content (AvgIpc) is 3.11. The van der Waals surface area contributed by atoms with Crippen LogP contribution in [0.4, 0.5) is 11.8 Å². The average molecular weight is 286 g/mol. The van der Waals surface area contributed by atoms with E-state index in [1.807, 2.05) is 19.3 Å². The van der Waals surface area contributed by atoms with Crippen LogP contribution in [0.2, 0.25) is 0 Å². The molecule has 0 saturated heterocycles. The monoisotopic (exact) mass is 286 g/mol. The molecule has 0 amide bonds. The maximum Gasteiger partial charge on any atom is 0.226 e. The van der Waals surface area contributed by atoms with E-state index in [1.165, 1.54) is 0 Å². The number of anilines is 2. The summed E-state index contributed by atoms with van der Waals surface area (Å²) in [5.74, 6) is 1.31. The highest BCUT2D eigenvalue weighted by Crippen LogP contribution is 2.19. The number of imidazole rings is 1. The third-order valence-corrected chi connectivity index (χ3v) is 3.02. The Balaban J connectivity index is 1.83. The maximum atomic E-state index is 4.49. The number of hydrogen-bond donors (Lipinski definition) is 3. The molecule has 3 aromatic heterocycles. The normalized spacial score (nSPS) is 11.0. The van der Waals surface area contributed by atoms with E-state index < -0.39 is 0 Å². The molecule has 0 aromatic carbocycles. The molecule has 0 aliphatic rings. The van der Waals surface area contributed by atoms with Crippen LogP contribution >= 0.6 is 0 Å². The highest BCUT2D eigenvalue weighted by molar-refractivity contribution is 5.83. The predicted molar refractivity (Wildman–Crippen MR) is 81.0 cm³/mol. The molecular formula is C13H18N8. The first-order valence-electron chi connectivity index (χ1n) is 6.93. The molecule has 21 heavy (non-hydrogen) atoms. The maximum absolute atomic E-state index is 4.49. The summed E-state index contributed by atoms with van der Waals surface area (Å²) < 4.78 is 1.77. The molecule has 3 rings (SSSR count).